The van der Waals surface area contributed by atoms with Crippen molar-refractivity contribution in [2.24, 2.45) is 0 Å². The van der Waals surface area contributed by atoms with Gasteiger partial charge in [-0.3, -0.25) is 4.79 Å². The first-order valence-electron chi connectivity index (χ1n) is 4.58. The Balaban J connectivity index is 2.73. The Hall–Kier alpha value is -1.35. The topological polar surface area (TPSA) is 105 Å². The van der Waals surface area contributed by atoms with Gasteiger partial charge in [0.1, 0.15) is 0 Å². The summed E-state index contributed by atoms with van der Waals surface area (Å²) in [4.78, 5) is 21.9. The van der Waals surface area contributed by atoms with E-state index in [2.05, 4.69) is 10.1 Å². The molecule has 0 bridgehead atoms. The van der Waals surface area contributed by atoms with E-state index in [1.165, 1.54) is 0 Å². The highest BCUT2D eigenvalue weighted by molar-refractivity contribution is 7.87. The minimum absolute atomic E-state index is 0.172. The van der Waals surface area contributed by atoms with Gasteiger partial charge in [0, 0.05) is 13.1 Å². The van der Waals surface area contributed by atoms with E-state index in [0.717, 1.165) is 11.4 Å². The first kappa shape index (κ1) is 12.7. The molecule has 0 aromatic carbocycles. The van der Waals surface area contributed by atoms with Gasteiger partial charge in [-0.2, -0.15) is 12.7 Å². The van der Waals surface area contributed by atoms with Crippen LogP contribution in [0.1, 0.15) is 6.42 Å². The van der Waals surface area contributed by atoms with Crippen molar-refractivity contribution in [3.63, 3.8) is 0 Å². The van der Waals surface area contributed by atoms with Crippen LogP contribution in [0.15, 0.2) is 0 Å². The second kappa shape index (κ2) is 5.12. The second-order valence-corrected chi connectivity index (χ2v) is 4.81. The van der Waals surface area contributed by atoms with Gasteiger partial charge in [0.25, 0.3) is 0 Å². The molecule has 1 saturated heterocycles. The Bertz CT molecular complexity index is 379. The second-order valence-electron chi connectivity index (χ2n) is 3.14. The van der Waals surface area contributed by atoms with Gasteiger partial charge in [0.15, 0.2) is 0 Å². The van der Waals surface area contributed by atoms with E-state index in [1.54, 1.807) is 4.72 Å². The zero-order chi connectivity index (χ0) is 12.2. The van der Waals surface area contributed by atoms with Gasteiger partial charge in [0.2, 0.25) is 5.91 Å². The summed E-state index contributed by atoms with van der Waals surface area (Å²) in [6, 6.07) is 0. The van der Waals surface area contributed by atoms with Crippen LogP contribution in [0, 0.1) is 0 Å². The van der Waals surface area contributed by atoms with E-state index >= 15 is 0 Å². The molecule has 0 aromatic heterocycles. The zero-order valence-electron chi connectivity index (χ0n) is 8.73. The highest BCUT2D eigenvalue weighted by Gasteiger charge is 2.27. The van der Waals surface area contributed by atoms with E-state index in [9.17, 15) is 18.0 Å². The molecule has 1 fully saturated rings. The average molecular weight is 251 g/mol. The summed E-state index contributed by atoms with van der Waals surface area (Å²) < 4.78 is 29.9. The van der Waals surface area contributed by atoms with Gasteiger partial charge in [0.05, 0.1) is 13.7 Å². The lowest BCUT2D eigenvalue weighted by Crippen LogP contribution is -2.46. The molecule has 16 heavy (non-hydrogen) atoms. The van der Waals surface area contributed by atoms with Gasteiger partial charge in [-0.15, -0.1) is 0 Å². The van der Waals surface area contributed by atoms with E-state index in [-0.39, 0.29) is 13.1 Å². The number of nitrogens with one attached hydrogen (secondary N) is 2. The molecule has 1 heterocycles. The van der Waals surface area contributed by atoms with Crippen molar-refractivity contribution in [2.45, 2.75) is 6.42 Å². The third-order valence-electron chi connectivity index (χ3n) is 1.96. The minimum Gasteiger partial charge on any atom is -0.452 e. The molecule has 2 amide bonds. The molecular formula is C7H13N3O5S. The van der Waals surface area contributed by atoms with Gasteiger partial charge in [-0.05, 0) is 6.42 Å². The molecule has 1 rings (SSSR count). The molecule has 0 unspecified atom stereocenters. The molecule has 92 valence electrons. The summed E-state index contributed by atoms with van der Waals surface area (Å²) >= 11 is 0. The van der Waals surface area contributed by atoms with E-state index < -0.39 is 22.2 Å². The normalized spacial score (nSPS) is 18.4. The molecule has 1 aliphatic heterocycles. The summed E-state index contributed by atoms with van der Waals surface area (Å²) in [5, 5.41) is 2.52. The Morgan fingerprint density at radius 2 is 2.25 bits per heavy atom. The lowest BCUT2D eigenvalue weighted by atomic mass is 10.4. The summed E-state index contributed by atoms with van der Waals surface area (Å²) in [7, 11) is -2.95. The maximum Gasteiger partial charge on any atom is 0.421 e. The molecule has 0 radical (unpaired) electrons. The number of hydrogen-bond acceptors (Lipinski definition) is 5. The lowest BCUT2D eigenvalue weighted by molar-refractivity contribution is -0.120. The number of hydrogen-bond donors (Lipinski definition) is 2. The fourth-order valence-electron chi connectivity index (χ4n) is 1.20. The van der Waals surface area contributed by atoms with Crippen molar-refractivity contribution in [1.29, 1.82) is 0 Å². The molecule has 0 atom stereocenters. The van der Waals surface area contributed by atoms with Gasteiger partial charge in [-0.1, -0.05) is 0 Å². The third kappa shape index (κ3) is 3.35. The first-order valence-corrected chi connectivity index (χ1v) is 6.02. The van der Waals surface area contributed by atoms with Crippen molar-refractivity contribution in [3.8, 4) is 0 Å². The average Bonchev–Trinajstić information content (AvgIpc) is 2.42. The van der Waals surface area contributed by atoms with Gasteiger partial charge >= 0.3 is 16.3 Å². The van der Waals surface area contributed by atoms with Crippen LogP contribution >= 0.6 is 0 Å². The Morgan fingerprint density at radius 3 is 2.88 bits per heavy atom. The smallest absolute Gasteiger partial charge is 0.421 e. The Labute approximate surface area is 93.1 Å². The fourth-order valence-corrected chi connectivity index (χ4v) is 2.27. The predicted octanol–water partition coefficient (Wildman–Crippen LogP) is -1.59. The highest BCUT2D eigenvalue weighted by atomic mass is 32.2. The lowest BCUT2D eigenvalue weighted by Gasteiger charge is -2.18. The largest absolute Gasteiger partial charge is 0.452 e. The van der Waals surface area contributed by atoms with E-state index in [0.29, 0.717) is 13.0 Å². The van der Waals surface area contributed by atoms with Crippen LogP contribution < -0.4 is 10.0 Å². The molecule has 8 nitrogen and oxygen atoms in total. The van der Waals surface area contributed by atoms with Crippen molar-refractivity contribution in [1.82, 2.24) is 14.3 Å². The number of amides is 2. The molecule has 0 aliphatic carbocycles. The molecule has 2 N–H and O–H groups in total. The molecule has 0 spiro atoms. The van der Waals surface area contributed by atoms with Crippen LogP contribution in [0.3, 0.4) is 0 Å². The Kier molecular flexibility index (Phi) is 4.07. The monoisotopic (exact) mass is 251 g/mol. The molecule has 0 aromatic rings. The van der Waals surface area contributed by atoms with Gasteiger partial charge < -0.3 is 10.1 Å². The number of nitrogens with zero attached hydrogens (tertiary/aromatic N) is 1. The maximum absolute atomic E-state index is 11.6. The van der Waals surface area contributed by atoms with Crippen molar-refractivity contribution < 1.29 is 22.7 Å². The quantitative estimate of drug-likeness (QED) is 0.615. The van der Waals surface area contributed by atoms with Crippen molar-refractivity contribution in [2.75, 3.05) is 26.7 Å². The van der Waals surface area contributed by atoms with Crippen LogP contribution in [-0.2, 0) is 19.7 Å². The highest BCUT2D eigenvalue weighted by Crippen LogP contribution is 2.02. The zero-order valence-corrected chi connectivity index (χ0v) is 9.54. The summed E-state index contributed by atoms with van der Waals surface area (Å²) in [6.07, 6.45) is -0.585. The maximum atomic E-state index is 11.6. The van der Waals surface area contributed by atoms with Crippen LogP contribution in [-0.4, -0.2) is 51.5 Å². The first-order chi connectivity index (χ1) is 7.45. The molecular weight excluding hydrogens is 238 g/mol. The summed E-state index contributed by atoms with van der Waals surface area (Å²) in [5.74, 6) is -0.396. The summed E-state index contributed by atoms with van der Waals surface area (Å²) in [6.45, 7) is 0.292. The summed E-state index contributed by atoms with van der Waals surface area (Å²) in [5.41, 5.74) is 0. The van der Waals surface area contributed by atoms with Crippen molar-refractivity contribution >= 4 is 22.2 Å². The van der Waals surface area contributed by atoms with Crippen LogP contribution in [0.2, 0.25) is 0 Å². The third-order valence-corrected chi connectivity index (χ3v) is 3.38. The Morgan fingerprint density at radius 1 is 1.56 bits per heavy atom. The number of carbonyl (C=O) groups is 2. The van der Waals surface area contributed by atoms with E-state index in [1.807, 2.05) is 0 Å². The van der Waals surface area contributed by atoms with Gasteiger partial charge in [-0.25, -0.2) is 9.52 Å². The van der Waals surface area contributed by atoms with Crippen molar-refractivity contribution in [3.05, 3.63) is 0 Å². The molecule has 9 heteroatoms. The number of rotatable bonds is 2. The minimum atomic E-state index is -4.00. The number of carbonyl (C=O) groups excluding carboxylic acids is 2. The molecule has 0 saturated carbocycles. The SMILES string of the molecule is COC(=O)NS(=O)(=O)N1CCCNC(=O)C1. The van der Waals surface area contributed by atoms with Crippen LogP contribution in [0.4, 0.5) is 4.79 Å². The fraction of sp³-hybridized carbons (Fsp3) is 0.714. The number of methoxy groups -OCH3 is 1. The molecule has 1 aliphatic rings. The number of ether oxygens (including phenoxy) is 1. The van der Waals surface area contributed by atoms with E-state index in [4.69, 9.17) is 0 Å². The van der Waals surface area contributed by atoms with Crippen LogP contribution in [0.25, 0.3) is 0 Å². The van der Waals surface area contributed by atoms with Crippen LogP contribution in [0.5, 0.6) is 0 Å². The predicted molar refractivity (Wildman–Crippen MR) is 53.7 cm³/mol. The standard InChI is InChI=1S/C7H13N3O5S/c1-15-7(12)9-16(13,14)10-4-2-3-8-6(11)5-10/h2-5H2,1H3,(H,8,11)(H,9,12).